The first-order chi connectivity index (χ1) is 12.9. The minimum atomic E-state index is -0.437. The van der Waals surface area contributed by atoms with Crippen LogP contribution in [0.15, 0.2) is 29.7 Å². The van der Waals surface area contributed by atoms with Crippen molar-refractivity contribution in [2.75, 3.05) is 18.4 Å². The van der Waals surface area contributed by atoms with Crippen molar-refractivity contribution in [2.24, 2.45) is 0 Å². The maximum absolute atomic E-state index is 12.9. The molecule has 2 aliphatic rings. The van der Waals surface area contributed by atoms with Gasteiger partial charge in [-0.1, -0.05) is 25.5 Å². The molecule has 1 aromatic rings. The molecule has 2 heterocycles. The van der Waals surface area contributed by atoms with Crippen LogP contribution >= 0.6 is 11.8 Å². The number of fused-ring (bicyclic) bond motifs is 1. The first-order valence-electron chi connectivity index (χ1n) is 9.11. The number of imide groups is 1. The molecule has 3 rings (SSSR count). The van der Waals surface area contributed by atoms with E-state index in [9.17, 15) is 14.4 Å². The summed E-state index contributed by atoms with van der Waals surface area (Å²) in [4.78, 5) is 39.4. The molecule has 7 heteroatoms. The lowest BCUT2D eigenvalue weighted by molar-refractivity contribution is -0.425. The van der Waals surface area contributed by atoms with Crippen molar-refractivity contribution in [3.05, 3.63) is 40.8 Å². The van der Waals surface area contributed by atoms with E-state index < -0.39 is 11.3 Å². The fourth-order valence-corrected chi connectivity index (χ4v) is 4.12. The van der Waals surface area contributed by atoms with E-state index in [4.69, 9.17) is 0 Å². The van der Waals surface area contributed by atoms with Crippen LogP contribution in [0.2, 0.25) is 0 Å². The van der Waals surface area contributed by atoms with Gasteiger partial charge in [0.15, 0.2) is 11.8 Å². The molecule has 1 atom stereocenters. The van der Waals surface area contributed by atoms with Gasteiger partial charge in [-0.2, -0.15) is 14.3 Å². The molecule has 0 radical (unpaired) electrons. The zero-order valence-electron chi connectivity index (χ0n) is 15.8. The number of nitrogens with one attached hydrogen (secondary N) is 1. The van der Waals surface area contributed by atoms with Gasteiger partial charge in [0, 0.05) is 5.69 Å². The first-order valence-corrected chi connectivity index (χ1v) is 10.1. The van der Waals surface area contributed by atoms with Gasteiger partial charge in [-0.05, 0) is 48.9 Å². The molecule has 27 heavy (non-hydrogen) atoms. The molecule has 0 fully saturated rings. The second-order valence-electron chi connectivity index (χ2n) is 6.75. The first kappa shape index (κ1) is 19.4. The van der Waals surface area contributed by atoms with Crippen LogP contribution in [0.25, 0.3) is 0 Å². The van der Waals surface area contributed by atoms with Crippen LogP contribution < -0.4 is 5.32 Å². The number of anilines is 1. The Labute approximate surface area is 163 Å². The number of nitrogens with zero attached hydrogens (tertiary/aromatic N) is 2. The van der Waals surface area contributed by atoms with E-state index in [1.165, 1.54) is 21.2 Å². The number of amides is 4. The SMILES string of the molecule is CCCCN1C(=O)C2SC=CC2=[N+](CC(=O)Nc2cccc(C)c2C)C1=O. The van der Waals surface area contributed by atoms with Crippen molar-refractivity contribution in [1.29, 1.82) is 0 Å². The van der Waals surface area contributed by atoms with Gasteiger partial charge in [0.25, 0.3) is 5.91 Å². The van der Waals surface area contributed by atoms with Crippen LogP contribution in [0.5, 0.6) is 0 Å². The fourth-order valence-electron chi connectivity index (χ4n) is 3.15. The zero-order chi connectivity index (χ0) is 19.6. The number of hydrogen-bond donors (Lipinski definition) is 1. The van der Waals surface area contributed by atoms with Crippen molar-refractivity contribution in [2.45, 2.75) is 38.9 Å². The van der Waals surface area contributed by atoms with E-state index in [-0.39, 0.29) is 18.4 Å². The van der Waals surface area contributed by atoms with E-state index >= 15 is 0 Å². The highest BCUT2D eigenvalue weighted by Gasteiger charge is 2.49. The van der Waals surface area contributed by atoms with Gasteiger partial charge in [0.05, 0.1) is 6.54 Å². The number of carbonyl (C=O) groups is 3. The molecule has 0 saturated carbocycles. The molecular formula is C20H24N3O3S+. The maximum atomic E-state index is 12.9. The number of rotatable bonds is 6. The Balaban J connectivity index is 1.83. The molecule has 2 aliphatic heterocycles. The second-order valence-corrected chi connectivity index (χ2v) is 7.77. The molecule has 0 aromatic heterocycles. The number of unbranched alkanes of at least 4 members (excludes halogenated alkanes) is 1. The average molecular weight is 386 g/mol. The van der Waals surface area contributed by atoms with Crippen molar-refractivity contribution in [3.63, 3.8) is 0 Å². The average Bonchev–Trinajstić information content (AvgIpc) is 3.12. The fraction of sp³-hybridized carbons (Fsp3) is 0.400. The van der Waals surface area contributed by atoms with Crippen LogP contribution in [-0.2, 0) is 9.59 Å². The van der Waals surface area contributed by atoms with Gasteiger partial charge in [-0.25, -0.2) is 4.79 Å². The summed E-state index contributed by atoms with van der Waals surface area (Å²) in [5, 5.41) is 4.26. The number of allylic oxidation sites excluding steroid dienone is 1. The number of benzene rings is 1. The van der Waals surface area contributed by atoms with Gasteiger partial charge >= 0.3 is 11.9 Å². The standard InChI is InChI=1S/C20H23N3O3S/c1-4-5-10-22-19(25)18-16(9-11-27-18)23(20(22)26)12-17(24)21-15-8-6-7-13(2)14(15)3/h6-9,11,18H,4-5,10,12H2,1-3H3/p+1. The predicted molar refractivity (Wildman–Crippen MR) is 107 cm³/mol. The highest BCUT2D eigenvalue weighted by Crippen LogP contribution is 2.28. The Morgan fingerprint density at radius 2 is 2.07 bits per heavy atom. The van der Waals surface area contributed by atoms with Gasteiger partial charge in [-0.15, -0.1) is 11.8 Å². The van der Waals surface area contributed by atoms with Crippen molar-refractivity contribution in [1.82, 2.24) is 4.90 Å². The highest BCUT2D eigenvalue weighted by molar-refractivity contribution is 8.04. The van der Waals surface area contributed by atoms with Gasteiger partial charge in [0.1, 0.15) is 5.71 Å². The van der Waals surface area contributed by atoms with Gasteiger partial charge in [-0.3, -0.25) is 4.79 Å². The summed E-state index contributed by atoms with van der Waals surface area (Å²) < 4.78 is 1.43. The van der Waals surface area contributed by atoms with Crippen molar-refractivity contribution in [3.8, 4) is 0 Å². The Morgan fingerprint density at radius 3 is 2.81 bits per heavy atom. The van der Waals surface area contributed by atoms with Crippen LogP contribution in [0, 0.1) is 13.8 Å². The summed E-state index contributed by atoms with van der Waals surface area (Å²) in [5.41, 5.74) is 3.42. The lowest BCUT2D eigenvalue weighted by Crippen LogP contribution is -2.56. The normalized spacial score (nSPS) is 18.9. The number of urea groups is 1. The molecule has 6 nitrogen and oxygen atoms in total. The monoisotopic (exact) mass is 386 g/mol. The number of hydrogen-bond acceptors (Lipinski definition) is 4. The van der Waals surface area contributed by atoms with E-state index in [1.807, 2.05) is 44.4 Å². The molecule has 142 valence electrons. The molecule has 1 aromatic carbocycles. The minimum absolute atomic E-state index is 0.112. The quantitative estimate of drug-likeness (QED) is 0.763. The maximum Gasteiger partial charge on any atom is 0.501 e. The molecule has 1 N–H and O–H groups in total. The Bertz CT molecular complexity index is 860. The second kappa shape index (κ2) is 8.08. The highest BCUT2D eigenvalue weighted by atomic mass is 32.2. The third kappa shape index (κ3) is 3.83. The Morgan fingerprint density at radius 1 is 1.30 bits per heavy atom. The number of thioether (sulfide) groups is 1. The Kier molecular flexibility index (Phi) is 5.79. The number of aryl methyl sites for hydroxylation is 1. The Hall–Kier alpha value is -2.41. The summed E-state index contributed by atoms with van der Waals surface area (Å²) in [6.07, 6.45) is 3.39. The zero-order valence-corrected chi connectivity index (χ0v) is 16.6. The molecule has 1 unspecified atom stereocenters. The minimum Gasteiger partial charge on any atom is -0.322 e. The third-order valence-corrected chi connectivity index (χ3v) is 5.91. The largest absolute Gasteiger partial charge is 0.501 e. The smallest absolute Gasteiger partial charge is 0.322 e. The summed E-state index contributed by atoms with van der Waals surface area (Å²) in [5.74, 6) is -0.469. The van der Waals surface area contributed by atoms with Crippen LogP contribution in [-0.4, -0.2) is 51.4 Å². The van der Waals surface area contributed by atoms with Crippen molar-refractivity contribution >= 4 is 41.0 Å². The lowest BCUT2D eigenvalue weighted by Gasteiger charge is -2.24. The third-order valence-electron chi connectivity index (χ3n) is 4.90. The topological polar surface area (TPSA) is 69.5 Å². The van der Waals surface area contributed by atoms with Crippen LogP contribution in [0.1, 0.15) is 30.9 Å². The van der Waals surface area contributed by atoms with Crippen LogP contribution in [0.4, 0.5) is 10.5 Å². The molecule has 4 amide bonds. The lowest BCUT2D eigenvalue weighted by atomic mass is 10.1. The molecule has 0 saturated heterocycles. The number of carbonyl (C=O) groups excluding carboxylic acids is 3. The molecular weight excluding hydrogens is 362 g/mol. The van der Waals surface area contributed by atoms with E-state index in [2.05, 4.69) is 5.32 Å². The molecule has 0 aliphatic carbocycles. The van der Waals surface area contributed by atoms with E-state index in [1.54, 1.807) is 6.08 Å². The summed E-state index contributed by atoms with van der Waals surface area (Å²) in [6, 6.07) is 5.30. The molecule has 0 bridgehead atoms. The summed E-state index contributed by atoms with van der Waals surface area (Å²) in [7, 11) is 0. The van der Waals surface area contributed by atoms with Gasteiger partial charge < -0.3 is 5.32 Å². The summed E-state index contributed by atoms with van der Waals surface area (Å²) in [6.45, 7) is 6.21. The van der Waals surface area contributed by atoms with Gasteiger partial charge in [0.2, 0.25) is 0 Å². The van der Waals surface area contributed by atoms with E-state index in [0.717, 1.165) is 29.7 Å². The van der Waals surface area contributed by atoms with Crippen LogP contribution in [0.3, 0.4) is 0 Å². The van der Waals surface area contributed by atoms with E-state index in [0.29, 0.717) is 12.3 Å². The summed E-state index contributed by atoms with van der Waals surface area (Å²) >= 11 is 1.38. The predicted octanol–water partition coefficient (Wildman–Crippen LogP) is 3.09. The van der Waals surface area contributed by atoms with Crippen molar-refractivity contribution < 1.29 is 19.0 Å². The molecule has 0 spiro atoms.